The highest BCUT2D eigenvalue weighted by molar-refractivity contribution is 9.10. The summed E-state index contributed by atoms with van der Waals surface area (Å²) in [5.74, 6) is 0. The van der Waals surface area contributed by atoms with E-state index in [2.05, 4.69) is 54.9 Å². The summed E-state index contributed by atoms with van der Waals surface area (Å²) in [4.78, 5) is 0. The van der Waals surface area contributed by atoms with Gasteiger partial charge in [-0.05, 0) is 59.4 Å². The third-order valence-electron chi connectivity index (χ3n) is 5.89. The first-order valence-corrected chi connectivity index (χ1v) is 14.0. The van der Waals surface area contributed by atoms with Crippen LogP contribution in [0.1, 0.15) is 51.8 Å². The van der Waals surface area contributed by atoms with Crippen molar-refractivity contribution in [3.63, 3.8) is 0 Å². The van der Waals surface area contributed by atoms with E-state index in [4.69, 9.17) is 20.8 Å². The second kappa shape index (κ2) is 8.60. The van der Waals surface area contributed by atoms with Gasteiger partial charge in [-0.25, -0.2) is 4.68 Å². The van der Waals surface area contributed by atoms with E-state index in [1.807, 2.05) is 29.1 Å². The highest BCUT2D eigenvalue weighted by atomic mass is 79.9. The van der Waals surface area contributed by atoms with Crippen LogP contribution in [-0.4, -0.2) is 31.3 Å². The lowest BCUT2D eigenvalue weighted by atomic mass is 10.1. The molecule has 1 atom stereocenters. The van der Waals surface area contributed by atoms with Crippen LogP contribution in [0.4, 0.5) is 0 Å². The van der Waals surface area contributed by atoms with Crippen molar-refractivity contribution in [2.24, 2.45) is 0 Å². The number of halogens is 2. The van der Waals surface area contributed by atoms with E-state index in [9.17, 15) is 0 Å². The molecule has 1 aliphatic heterocycles. The molecule has 28 heavy (non-hydrogen) atoms. The zero-order valence-corrected chi connectivity index (χ0v) is 20.7. The minimum atomic E-state index is -1.75. The molecule has 7 heteroatoms. The number of ether oxygens (including phenoxy) is 1. The van der Waals surface area contributed by atoms with Gasteiger partial charge < -0.3 is 9.16 Å². The average molecular weight is 486 g/mol. The quantitative estimate of drug-likeness (QED) is 0.421. The summed E-state index contributed by atoms with van der Waals surface area (Å²) in [7, 11) is -1.75. The van der Waals surface area contributed by atoms with Gasteiger partial charge in [-0.2, -0.15) is 5.10 Å². The molecule has 0 saturated carbocycles. The fraction of sp³-hybridized carbons (Fsp3) is 0.571. The van der Waals surface area contributed by atoms with Gasteiger partial charge in [0, 0.05) is 22.0 Å². The summed E-state index contributed by atoms with van der Waals surface area (Å²) in [6.45, 7) is 12.6. The minimum absolute atomic E-state index is 0.00593. The maximum absolute atomic E-state index is 6.62. The number of hydrogen-bond acceptors (Lipinski definition) is 3. The van der Waals surface area contributed by atoms with Crippen LogP contribution in [0.3, 0.4) is 0 Å². The zero-order valence-electron chi connectivity index (χ0n) is 17.4. The third kappa shape index (κ3) is 4.56. The van der Waals surface area contributed by atoms with E-state index in [1.54, 1.807) is 0 Å². The summed E-state index contributed by atoms with van der Waals surface area (Å²) in [6.07, 6.45) is 9.23. The fourth-order valence-corrected chi connectivity index (χ4v) is 5.04. The Morgan fingerprint density at radius 2 is 2.14 bits per heavy atom. The van der Waals surface area contributed by atoms with Crippen molar-refractivity contribution in [1.29, 1.82) is 0 Å². The van der Waals surface area contributed by atoms with Crippen LogP contribution in [-0.2, 0) is 9.16 Å². The Labute approximate surface area is 182 Å². The van der Waals surface area contributed by atoms with E-state index in [0.717, 1.165) is 46.8 Å². The number of benzene rings is 1. The highest BCUT2D eigenvalue weighted by Gasteiger charge is 2.36. The number of hydrogen-bond donors (Lipinski definition) is 0. The summed E-state index contributed by atoms with van der Waals surface area (Å²) >= 11 is 10.4. The Morgan fingerprint density at radius 3 is 2.79 bits per heavy atom. The maximum Gasteiger partial charge on any atom is 0.192 e. The molecular weight excluding hydrogens is 456 g/mol. The highest BCUT2D eigenvalue weighted by Crippen LogP contribution is 2.38. The van der Waals surface area contributed by atoms with Crippen molar-refractivity contribution in [2.45, 2.75) is 64.4 Å². The van der Waals surface area contributed by atoms with E-state index in [-0.39, 0.29) is 11.3 Å². The van der Waals surface area contributed by atoms with Crippen LogP contribution in [0.5, 0.6) is 0 Å². The molecule has 1 aromatic carbocycles. The molecule has 0 amide bonds. The molecule has 2 aromatic rings. The monoisotopic (exact) mass is 484 g/mol. The molecule has 4 nitrogen and oxygen atoms in total. The first-order chi connectivity index (χ1) is 13.1. The first-order valence-electron chi connectivity index (χ1n) is 9.89. The number of rotatable bonds is 5. The van der Waals surface area contributed by atoms with E-state index in [1.165, 1.54) is 0 Å². The number of fused-ring (bicyclic) bond motifs is 1. The third-order valence-corrected chi connectivity index (χ3v) is 11.6. The number of nitrogens with zero attached hydrogens (tertiary/aromatic N) is 2. The molecule has 0 N–H and O–H groups in total. The van der Waals surface area contributed by atoms with E-state index < -0.39 is 8.32 Å². The van der Waals surface area contributed by atoms with Crippen molar-refractivity contribution in [3.05, 3.63) is 33.4 Å². The van der Waals surface area contributed by atoms with Gasteiger partial charge in [0.05, 0.1) is 23.3 Å². The SMILES string of the molecule is CC(C)(C)[Si](C)(C)OC/C=C\c1c(Cl)cc2c(cnn2C2CCCCO2)c1Br. The maximum atomic E-state index is 6.62. The lowest BCUT2D eigenvalue weighted by Crippen LogP contribution is -2.40. The Morgan fingerprint density at radius 1 is 1.39 bits per heavy atom. The molecule has 0 aliphatic carbocycles. The summed E-state index contributed by atoms with van der Waals surface area (Å²) in [5, 5.41) is 6.52. The lowest BCUT2D eigenvalue weighted by molar-refractivity contribution is -0.0366. The molecular formula is C21H30BrClN2O2Si. The van der Waals surface area contributed by atoms with E-state index in [0.29, 0.717) is 11.6 Å². The van der Waals surface area contributed by atoms with Crippen molar-refractivity contribution in [1.82, 2.24) is 9.78 Å². The molecule has 0 radical (unpaired) electrons. The van der Waals surface area contributed by atoms with Gasteiger partial charge in [-0.3, -0.25) is 0 Å². The predicted molar refractivity (Wildman–Crippen MR) is 123 cm³/mol. The Kier molecular flexibility index (Phi) is 6.77. The molecule has 1 saturated heterocycles. The van der Waals surface area contributed by atoms with Crippen molar-refractivity contribution < 1.29 is 9.16 Å². The topological polar surface area (TPSA) is 36.3 Å². The molecule has 2 heterocycles. The van der Waals surface area contributed by atoms with Gasteiger partial charge in [0.1, 0.15) is 0 Å². The summed E-state index contributed by atoms with van der Waals surface area (Å²) in [5.41, 5.74) is 1.95. The van der Waals surface area contributed by atoms with Crippen LogP contribution in [0, 0.1) is 0 Å². The zero-order chi connectivity index (χ0) is 20.5. The second-order valence-corrected chi connectivity index (χ2v) is 14.9. The summed E-state index contributed by atoms with van der Waals surface area (Å²) < 4.78 is 15.0. The van der Waals surface area contributed by atoms with Gasteiger partial charge in [-0.15, -0.1) is 0 Å². The van der Waals surface area contributed by atoms with Crippen LogP contribution in [0.2, 0.25) is 23.2 Å². The largest absolute Gasteiger partial charge is 0.413 e. The Balaban J connectivity index is 1.81. The van der Waals surface area contributed by atoms with Crippen molar-refractivity contribution in [2.75, 3.05) is 13.2 Å². The van der Waals surface area contributed by atoms with Crippen LogP contribution in [0.25, 0.3) is 17.0 Å². The molecule has 1 unspecified atom stereocenters. The molecule has 0 bridgehead atoms. The molecule has 1 aliphatic rings. The van der Waals surface area contributed by atoms with Crippen LogP contribution in [0.15, 0.2) is 22.8 Å². The van der Waals surface area contributed by atoms with Crippen LogP contribution < -0.4 is 0 Å². The fourth-order valence-electron chi connectivity index (χ4n) is 3.07. The van der Waals surface area contributed by atoms with Crippen molar-refractivity contribution >= 4 is 52.8 Å². The van der Waals surface area contributed by atoms with Crippen molar-refractivity contribution in [3.8, 4) is 0 Å². The molecule has 0 spiro atoms. The minimum Gasteiger partial charge on any atom is -0.413 e. The summed E-state index contributed by atoms with van der Waals surface area (Å²) in [6, 6.07) is 1.99. The molecule has 1 aromatic heterocycles. The number of aromatic nitrogens is 2. The molecule has 3 rings (SSSR count). The van der Waals surface area contributed by atoms with Gasteiger partial charge in [0.2, 0.25) is 0 Å². The lowest BCUT2D eigenvalue weighted by Gasteiger charge is -2.35. The Hall–Kier alpha value is -0.663. The first kappa shape index (κ1) is 22.0. The van der Waals surface area contributed by atoms with Gasteiger partial charge in [0.15, 0.2) is 14.5 Å². The predicted octanol–water partition coefficient (Wildman–Crippen LogP) is 7.19. The van der Waals surface area contributed by atoms with Gasteiger partial charge in [-0.1, -0.05) is 44.5 Å². The smallest absolute Gasteiger partial charge is 0.192 e. The second-order valence-electron chi connectivity index (χ2n) is 8.90. The average Bonchev–Trinajstić information content (AvgIpc) is 3.04. The normalized spacial score (nSPS) is 19.0. The standard InChI is InChI=1S/C21H30BrClN2O2Si/c1-21(2,3)28(4,5)27-12-8-9-15-17(23)13-18-16(20(15)22)14-24-25(18)19-10-6-7-11-26-19/h8-9,13-14,19H,6-7,10-12H2,1-5H3/b9-8-. The molecule has 1 fully saturated rings. The molecule has 154 valence electrons. The van der Waals surface area contributed by atoms with Crippen LogP contribution >= 0.6 is 27.5 Å². The van der Waals surface area contributed by atoms with E-state index >= 15 is 0 Å². The van der Waals surface area contributed by atoms with Gasteiger partial charge in [0.25, 0.3) is 0 Å². The van der Waals surface area contributed by atoms with Gasteiger partial charge >= 0.3 is 0 Å². The Bertz CT molecular complexity index is 867.